The lowest BCUT2D eigenvalue weighted by atomic mass is 10.1. The summed E-state index contributed by atoms with van der Waals surface area (Å²) in [7, 11) is 1.93. The minimum Gasteiger partial charge on any atom is -0.486 e. The van der Waals surface area contributed by atoms with Gasteiger partial charge in [-0.05, 0) is 25.1 Å². The van der Waals surface area contributed by atoms with Crippen LogP contribution in [0.4, 0.5) is 0 Å². The summed E-state index contributed by atoms with van der Waals surface area (Å²) in [5.41, 5.74) is 8.38. The topological polar surface area (TPSA) is 62.3 Å². The highest BCUT2D eigenvalue weighted by atomic mass is 16.6. The molecule has 5 nitrogen and oxygen atoms in total. The van der Waals surface area contributed by atoms with E-state index in [9.17, 15) is 0 Å². The monoisotopic (exact) mass is 273 g/mol. The minimum absolute atomic E-state index is 0.127. The predicted octanol–water partition coefficient (Wildman–Crippen LogP) is 1.44. The van der Waals surface area contributed by atoms with Crippen LogP contribution in [0.3, 0.4) is 0 Å². The van der Waals surface area contributed by atoms with E-state index in [0.717, 1.165) is 22.9 Å². The summed E-state index contributed by atoms with van der Waals surface area (Å²) in [6.45, 7) is 2.46. The molecule has 0 saturated carbocycles. The molecule has 0 bridgehead atoms. The first-order chi connectivity index (χ1) is 9.63. The summed E-state index contributed by atoms with van der Waals surface area (Å²) >= 11 is 0. The summed E-state index contributed by atoms with van der Waals surface area (Å²) in [6.07, 6.45) is 0.577. The van der Waals surface area contributed by atoms with E-state index >= 15 is 0 Å². The van der Waals surface area contributed by atoms with Gasteiger partial charge in [-0.25, -0.2) is 0 Å². The van der Waals surface area contributed by atoms with Crippen LogP contribution < -0.4 is 15.2 Å². The number of nitrogens with zero attached hydrogens (tertiary/aromatic N) is 2. The first kappa shape index (κ1) is 13.0. The molecule has 5 heteroatoms. The van der Waals surface area contributed by atoms with Crippen LogP contribution >= 0.6 is 0 Å². The number of hydrogen-bond donors (Lipinski definition) is 1. The molecular weight excluding hydrogens is 254 g/mol. The van der Waals surface area contributed by atoms with Gasteiger partial charge in [-0.2, -0.15) is 5.10 Å². The molecule has 2 aromatic rings. The molecule has 1 aromatic carbocycles. The van der Waals surface area contributed by atoms with Crippen molar-refractivity contribution in [2.45, 2.75) is 25.5 Å². The third-order valence-corrected chi connectivity index (χ3v) is 3.55. The van der Waals surface area contributed by atoms with Gasteiger partial charge in [-0.1, -0.05) is 12.1 Å². The molecule has 0 amide bonds. The van der Waals surface area contributed by atoms with E-state index in [0.29, 0.717) is 13.0 Å². The molecule has 3 rings (SSSR count). The number of aryl methyl sites for hydroxylation is 2. The summed E-state index contributed by atoms with van der Waals surface area (Å²) in [6, 6.07) is 9.60. The van der Waals surface area contributed by atoms with Gasteiger partial charge in [0.05, 0.1) is 11.7 Å². The highest BCUT2D eigenvalue weighted by molar-refractivity contribution is 5.40. The highest BCUT2D eigenvalue weighted by Crippen LogP contribution is 2.31. The molecule has 106 valence electrons. The van der Waals surface area contributed by atoms with Crippen LogP contribution in [0.1, 0.15) is 11.4 Å². The van der Waals surface area contributed by atoms with Gasteiger partial charge >= 0.3 is 0 Å². The molecule has 2 N–H and O–H groups in total. The quantitative estimate of drug-likeness (QED) is 0.919. The molecule has 20 heavy (non-hydrogen) atoms. The van der Waals surface area contributed by atoms with Crippen molar-refractivity contribution in [2.24, 2.45) is 12.8 Å². The van der Waals surface area contributed by atoms with Gasteiger partial charge in [0.15, 0.2) is 11.5 Å². The highest BCUT2D eigenvalue weighted by Gasteiger charge is 2.27. The average Bonchev–Trinajstić information content (AvgIpc) is 2.76. The zero-order chi connectivity index (χ0) is 14.1. The lowest BCUT2D eigenvalue weighted by Gasteiger charge is -2.30. The molecule has 0 aliphatic carbocycles. The van der Waals surface area contributed by atoms with Crippen LogP contribution in [0.2, 0.25) is 0 Å². The second-order valence-electron chi connectivity index (χ2n) is 5.18. The predicted molar refractivity (Wildman–Crippen MR) is 76.0 cm³/mol. The molecule has 2 unspecified atom stereocenters. The number of para-hydroxylation sites is 2. The SMILES string of the molecule is Cc1cc(CC(N)C2COc3ccccc3O2)n(C)n1. The summed E-state index contributed by atoms with van der Waals surface area (Å²) < 4.78 is 13.5. The van der Waals surface area contributed by atoms with Crippen molar-refractivity contribution in [3.63, 3.8) is 0 Å². The van der Waals surface area contributed by atoms with Crippen LogP contribution in [0.25, 0.3) is 0 Å². The number of rotatable bonds is 3. The minimum atomic E-state index is -0.139. The average molecular weight is 273 g/mol. The van der Waals surface area contributed by atoms with E-state index in [-0.39, 0.29) is 12.1 Å². The number of ether oxygens (including phenoxy) is 2. The van der Waals surface area contributed by atoms with E-state index in [1.807, 2.05) is 42.9 Å². The molecule has 1 aromatic heterocycles. The first-order valence-corrected chi connectivity index (χ1v) is 6.77. The van der Waals surface area contributed by atoms with Crippen molar-refractivity contribution in [3.05, 3.63) is 41.7 Å². The van der Waals surface area contributed by atoms with Crippen molar-refractivity contribution in [2.75, 3.05) is 6.61 Å². The van der Waals surface area contributed by atoms with Crippen molar-refractivity contribution >= 4 is 0 Å². The fraction of sp³-hybridized carbons (Fsp3) is 0.400. The fourth-order valence-electron chi connectivity index (χ4n) is 2.47. The van der Waals surface area contributed by atoms with Crippen molar-refractivity contribution in [3.8, 4) is 11.5 Å². The third-order valence-electron chi connectivity index (χ3n) is 3.55. The molecular formula is C15H19N3O2. The second-order valence-corrected chi connectivity index (χ2v) is 5.18. The largest absolute Gasteiger partial charge is 0.486 e. The maximum absolute atomic E-state index is 6.27. The van der Waals surface area contributed by atoms with Crippen molar-refractivity contribution in [1.29, 1.82) is 0 Å². The molecule has 0 spiro atoms. The van der Waals surface area contributed by atoms with Crippen molar-refractivity contribution < 1.29 is 9.47 Å². The van der Waals surface area contributed by atoms with E-state index in [1.54, 1.807) is 0 Å². The Labute approximate surface area is 118 Å². The number of fused-ring (bicyclic) bond motifs is 1. The van der Waals surface area contributed by atoms with E-state index in [4.69, 9.17) is 15.2 Å². The van der Waals surface area contributed by atoms with Crippen LogP contribution in [0.15, 0.2) is 30.3 Å². The van der Waals surface area contributed by atoms with Gasteiger partial charge in [0, 0.05) is 19.2 Å². The van der Waals surface area contributed by atoms with Gasteiger partial charge in [0.2, 0.25) is 0 Å². The van der Waals surface area contributed by atoms with Gasteiger partial charge in [-0.15, -0.1) is 0 Å². The van der Waals surface area contributed by atoms with Gasteiger partial charge in [-0.3, -0.25) is 4.68 Å². The Morgan fingerprint density at radius 3 is 2.85 bits per heavy atom. The van der Waals surface area contributed by atoms with Crippen LogP contribution in [-0.4, -0.2) is 28.5 Å². The molecule has 1 aliphatic rings. The zero-order valence-corrected chi connectivity index (χ0v) is 11.7. The molecule has 0 radical (unpaired) electrons. The zero-order valence-electron chi connectivity index (χ0n) is 11.7. The molecule has 0 saturated heterocycles. The number of hydrogen-bond acceptors (Lipinski definition) is 4. The van der Waals surface area contributed by atoms with E-state index in [2.05, 4.69) is 11.2 Å². The summed E-state index contributed by atoms with van der Waals surface area (Å²) in [5, 5.41) is 4.33. The van der Waals surface area contributed by atoms with Crippen LogP contribution in [0, 0.1) is 6.92 Å². The third kappa shape index (κ3) is 2.49. The van der Waals surface area contributed by atoms with Crippen LogP contribution in [-0.2, 0) is 13.5 Å². The smallest absolute Gasteiger partial charge is 0.161 e. The summed E-state index contributed by atoms with van der Waals surface area (Å²) in [4.78, 5) is 0. The number of aromatic nitrogens is 2. The Balaban J connectivity index is 1.70. The molecule has 2 heterocycles. The van der Waals surface area contributed by atoms with Crippen LogP contribution in [0.5, 0.6) is 11.5 Å². The normalized spacial score (nSPS) is 18.9. The Bertz CT molecular complexity index is 609. The van der Waals surface area contributed by atoms with Gasteiger partial charge in [0.1, 0.15) is 12.7 Å². The Hall–Kier alpha value is -2.01. The first-order valence-electron chi connectivity index (χ1n) is 6.77. The lowest BCUT2D eigenvalue weighted by molar-refractivity contribution is 0.0718. The Kier molecular flexibility index (Phi) is 3.36. The Morgan fingerprint density at radius 1 is 1.40 bits per heavy atom. The standard InChI is InChI=1S/C15H19N3O2/c1-10-7-11(18(2)17-10)8-12(16)15-9-19-13-5-3-4-6-14(13)20-15/h3-7,12,15H,8-9,16H2,1-2H3. The molecule has 1 aliphatic heterocycles. The van der Waals surface area contributed by atoms with Crippen molar-refractivity contribution in [1.82, 2.24) is 9.78 Å². The number of nitrogens with two attached hydrogens (primary N) is 1. The maximum atomic E-state index is 6.27. The summed E-state index contributed by atoms with van der Waals surface area (Å²) in [5.74, 6) is 1.55. The Morgan fingerprint density at radius 2 is 2.15 bits per heavy atom. The second kappa shape index (κ2) is 5.17. The fourth-order valence-corrected chi connectivity index (χ4v) is 2.47. The van der Waals surface area contributed by atoms with Gasteiger partial charge in [0.25, 0.3) is 0 Å². The van der Waals surface area contributed by atoms with Gasteiger partial charge < -0.3 is 15.2 Å². The molecule has 0 fully saturated rings. The molecule has 2 atom stereocenters. The lowest BCUT2D eigenvalue weighted by Crippen LogP contribution is -2.46. The van der Waals surface area contributed by atoms with E-state index in [1.165, 1.54) is 0 Å². The maximum Gasteiger partial charge on any atom is 0.161 e. The van der Waals surface area contributed by atoms with E-state index < -0.39 is 0 Å². The number of benzene rings is 1.